The van der Waals surface area contributed by atoms with E-state index in [4.69, 9.17) is 5.73 Å². The number of benzene rings is 1. The predicted octanol–water partition coefficient (Wildman–Crippen LogP) is 3.63. The van der Waals surface area contributed by atoms with Crippen molar-refractivity contribution in [1.82, 2.24) is 0 Å². The van der Waals surface area contributed by atoms with Gasteiger partial charge in [0.15, 0.2) is 0 Å². The first-order valence-electron chi connectivity index (χ1n) is 6.30. The van der Waals surface area contributed by atoms with Crippen molar-refractivity contribution in [3.05, 3.63) is 23.3 Å². The zero-order valence-corrected chi connectivity index (χ0v) is 10.3. The monoisotopic (exact) mass is 218 g/mol. The van der Waals surface area contributed by atoms with Crippen LogP contribution in [0.15, 0.2) is 12.1 Å². The van der Waals surface area contributed by atoms with Crippen LogP contribution in [0.2, 0.25) is 0 Å². The highest BCUT2D eigenvalue weighted by Crippen LogP contribution is 2.28. The molecule has 0 unspecified atom stereocenters. The van der Waals surface area contributed by atoms with Crippen LogP contribution in [0, 0.1) is 13.8 Å². The van der Waals surface area contributed by atoms with Gasteiger partial charge in [-0.15, -0.1) is 0 Å². The van der Waals surface area contributed by atoms with Gasteiger partial charge in [-0.25, -0.2) is 0 Å². The van der Waals surface area contributed by atoms with Crippen LogP contribution in [0.1, 0.15) is 43.2 Å². The average Bonchev–Trinajstić information content (AvgIpc) is 2.27. The Hall–Kier alpha value is -1.18. The SMILES string of the molecule is Cc1cc(C)c(N)c(NC2CCCCC2)c1. The van der Waals surface area contributed by atoms with E-state index >= 15 is 0 Å². The third kappa shape index (κ3) is 2.49. The summed E-state index contributed by atoms with van der Waals surface area (Å²) in [5.41, 5.74) is 10.6. The van der Waals surface area contributed by atoms with Crippen LogP contribution in [0.4, 0.5) is 11.4 Å². The van der Waals surface area contributed by atoms with Crippen molar-refractivity contribution in [3.63, 3.8) is 0 Å². The van der Waals surface area contributed by atoms with E-state index < -0.39 is 0 Å². The highest BCUT2D eigenvalue weighted by atomic mass is 14.9. The first-order valence-corrected chi connectivity index (χ1v) is 6.30. The second-order valence-electron chi connectivity index (χ2n) is 5.02. The summed E-state index contributed by atoms with van der Waals surface area (Å²) in [5, 5.41) is 3.61. The molecule has 1 aliphatic rings. The molecule has 1 aromatic carbocycles. The van der Waals surface area contributed by atoms with Crippen LogP contribution < -0.4 is 11.1 Å². The molecule has 88 valence electrons. The number of nitrogens with one attached hydrogen (secondary N) is 1. The molecular weight excluding hydrogens is 196 g/mol. The van der Waals surface area contributed by atoms with Crippen LogP contribution >= 0.6 is 0 Å². The number of nitrogen functional groups attached to an aromatic ring is 1. The third-order valence-electron chi connectivity index (χ3n) is 3.50. The lowest BCUT2D eigenvalue weighted by atomic mass is 9.95. The Balaban J connectivity index is 2.13. The molecule has 0 aliphatic heterocycles. The van der Waals surface area contributed by atoms with Crippen LogP contribution in [0.3, 0.4) is 0 Å². The molecule has 0 saturated heterocycles. The Bertz CT molecular complexity index is 365. The standard InChI is InChI=1S/C14H22N2/c1-10-8-11(2)14(15)13(9-10)16-12-6-4-3-5-7-12/h8-9,12,16H,3-7,15H2,1-2H3. The molecule has 16 heavy (non-hydrogen) atoms. The van der Waals surface area contributed by atoms with Gasteiger partial charge in [-0.3, -0.25) is 0 Å². The lowest BCUT2D eigenvalue weighted by Gasteiger charge is -2.25. The van der Waals surface area contributed by atoms with Crippen molar-refractivity contribution in [1.29, 1.82) is 0 Å². The highest BCUT2D eigenvalue weighted by molar-refractivity contribution is 5.71. The normalized spacial score (nSPS) is 17.4. The molecule has 0 bridgehead atoms. The largest absolute Gasteiger partial charge is 0.397 e. The van der Waals surface area contributed by atoms with E-state index in [9.17, 15) is 0 Å². The van der Waals surface area contributed by atoms with Crippen LogP contribution in [-0.2, 0) is 0 Å². The Morgan fingerprint density at radius 1 is 1.12 bits per heavy atom. The van der Waals surface area contributed by atoms with E-state index in [1.165, 1.54) is 43.2 Å². The molecule has 2 heteroatoms. The summed E-state index contributed by atoms with van der Waals surface area (Å²) in [6, 6.07) is 4.93. The predicted molar refractivity (Wildman–Crippen MR) is 70.8 cm³/mol. The molecule has 0 atom stereocenters. The van der Waals surface area contributed by atoms with Gasteiger partial charge in [0.2, 0.25) is 0 Å². The molecule has 3 N–H and O–H groups in total. The van der Waals surface area contributed by atoms with Crippen molar-refractivity contribution >= 4 is 11.4 Å². The lowest BCUT2D eigenvalue weighted by Crippen LogP contribution is -2.23. The molecule has 0 heterocycles. The summed E-state index contributed by atoms with van der Waals surface area (Å²) in [4.78, 5) is 0. The first kappa shape index (κ1) is 11.3. The van der Waals surface area contributed by atoms with Gasteiger partial charge in [0.05, 0.1) is 11.4 Å². The van der Waals surface area contributed by atoms with E-state index in [1.54, 1.807) is 0 Å². The van der Waals surface area contributed by atoms with Crippen LogP contribution in [0.5, 0.6) is 0 Å². The summed E-state index contributed by atoms with van der Waals surface area (Å²) in [6.45, 7) is 4.20. The van der Waals surface area contributed by atoms with Gasteiger partial charge < -0.3 is 11.1 Å². The zero-order chi connectivity index (χ0) is 11.5. The van der Waals surface area contributed by atoms with Crippen molar-refractivity contribution in [2.75, 3.05) is 11.1 Å². The fraction of sp³-hybridized carbons (Fsp3) is 0.571. The zero-order valence-electron chi connectivity index (χ0n) is 10.3. The van der Waals surface area contributed by atoms with Gasteiger partial charge in [0, 0.05) is 6.04 Å². The van der Waals surface area contributed by atoms with Crippen molar-refractivity contribution in [3.8, 4) is 0 Å². The smallest absolute Gasteiger partial charge is 0.0581 e. The van der Waals surface area contributed by atoms with Gasteiger partial charge in [0.25, 0.3) is 0 Å². The number of nitrogens with two attached hydrogens (primary N) is 1. The molecule has 0 amide bonds. The van der Waals surface area contributed by atoms with Crippen LogP contribution in [0.25, 0.3) is 0 Å². The minimum Gasteiger partial charge on any atom is -0.397 e. The van der Waals surface area contributed by atoms with Gasteiger partial charge in [-0.05, 0) is 43.9 Å². The maximum atomic E-state index is 6.11. The van der Waals surface area contributed by atoms with Gasteiger partial charge in [-0.1, -0.05) is 25.3 Å². The summed E-state index contributed by atoms with van der Waals surface area (Å²) in [6.07, 6.45) is 6.66. The van der Waals surface area contributed by atoms with Gasteiger partial charge in [0.1, 0.15) is 0 Å². The molecular formula is C14H22N2. The Labute approximate surface area is 98.2 Å². The quantitative estimate of drug-likeness (QED) is 0.744. The lowest BCUT2D eigenvalue weighted by molar-refractivity contribution is 0.463. The Kier molecular flexibility index (Phi) is 3.37. The summed E-state index contributed by atoms with van der Waals surface area (Å²) < 4.78 is 0. The van der Waals surface area contributed by atoms with E-state index in [0.29, 0.717) is 6.04 Å². The van der Waals surface area contributed by atoms with Crippen LogP contribution in [-0.4, -0.2) is 6.04 Å². The van der Waals surface area contributed by atoms with E-state index in [0.717, 1.165) is 11.4 Å². The van der Waals surface area contributed by atoms with Crippen molar-refractivity contribution < 1.29 is 0 Å². The molecule has 1 fully saturated rings. The summed E-state index contributed by atoms with van der Waals surface area (Å²) in [7, 11) is 0. The van der Waals surface area contributed by atoms with Gasteiger partial charge in [-0.2, -0.15) is 0 Å². The number of anilines is 2. The highest BCUT2D eigenvalue weighted by Gasteiger charge is 2.14. The fourth-order valence-electron chi connectivity index (χ4n) is 2.57. The molecule has 2 nitrogen and oxygen atoms in total. The maximum Gasteiger partial charge on any atom is 0.0581 e. The summed E-state index contributed by atoms with van der Waals surface area (Å²) >= 11 is 0. The number of hydrogen-bond donors (Lipinski definition) is 2. The average molecular weight is 218 g/mol. The summed E-state index contributed by atoms with van der Waals surface area (Å²) in [5.74, 6) is 0. The number of hydrogen-bond acceptors (Lipinski definition) is 2. The molecule has 0 spiro atoms. The Morgan fingerprint density at radius 3 is 2.50 bits per heavy atom. The molecule has 0 aromatic heterocycles. The van der Waals surface area contributed by atoms with Gasteiger partial charge >= 0.3 is 0 Å². The second kappa shape index (κ2) is 4.77. The Morgan fingerprint density at radius 2 is 1.81 bits per heavy atom. The third-order valence-corrected chi connectivity index (χ3v) is 3.50. The topological polar surface area (TPSA) is 38.0 Å². The van der Waals surface area contributed by atoms with E-state index in [2.05, 4.69) is 31.3 Å². The maximum absolute atomic E-state index is 6.11. The number of aryl methyl sites for hydroxylation is 2. The number of rotatable bonds is 2. The molecule has 1 aromatic rings. The molecule has 0 radical (unpaired) electrons. The molecule has 1 saturated carbocycles. The minimum atomic E-state index is 0.622. The van der Waals surface area contributed by atoms with E-state index in [-0.39, 0.29) is 0 Å². The van der Waals surface area contributed by atoms with Crippen molar-refractivity contribution in [2.24, 2.45) is 0 Å². The first-order chi connectivity index (χ1) is 7.66. The fourth-order valence-corrected chi connectivity index (χ4v) is 2.57. The second-order valence-corrected chi connectivity index (χ2v) is 5.02. The minimum absolute atomic E-state index is 0.622. The van der Waals surface area contributed by atoms with Crippen molar-refractivity contribution in [2.45, 2.75) is 52.0 Å². The van der Waals surface area contributed by atoms with E-state index in [1.807, 2.05) is 0 Å². The molecule has 1 aliphatic carbocycles. The molecule has 2 rings (SSSR count).